The Morgan fingerprint density at radius 3 is 1.36 bits per heavy atom. The number of pyridine rings is 2. The van der Waals surface area contributed by atoms with Crippen LogP contribution in [0.5, 0.6) is 0 Å². The molecule has 0 radical (unpaired) electrons. The van der Waals surface area contributed by atoms with Gasteiger partial charge in [0.25, 0.3) is 11.8 Å². The average molecular weight is 727 g/mol. The van der Waals surface area contributed by atoms with Gasteiger partial charge in [0, 0.05) is 26.5 Å². The summed E-state index contributed by atoms with van der Waals surface area (Å²) in [6.45, 7) is 8.17. The molecule has 2 unspecified atom stereocenters. The molecule has 2 aromatic heterocycles. The molecule has 0 fully saturated rings. The first-order valence-electron chi connectivity index (χ1n) is 15.7. The highest BCUT2D eigenvalue weighted by molar-refractivity contribution is 14.1. The molecule has 4 amide bonds. The first kappa shape index (κ1) is 35.6. The molecule has 0 saturated carbocycles. The number of aromatic nitrogens is 2. The molecule has 0 saturated heterocycles. The van der Waals surface area contributed by atoms with Gasteiger partial charge in [0.1, 0.15) is 23.3 Å². The Hall–Kier alpha value is -3.87. The second-order valence-corrected chi connectivity index (χ2v) is 12.2. The molecule has 2 heterocycles. The van der Waals surface area contributed by atoms with Crippen molar-refractivity contribution in [3.63, 3.8) is 0 Å². The van der Waals surface area contributed by atoms with Crippen LogP contribution in [-0.2, 0) is 9.59 Å². The fraction of sp³-hybridized carbons (Fsp3) is 0.412. The number of hydrogen-bond acceptors (Lipinski definition) is 6. The smallest absolute Gasteiger partial charge is 0.256 e. The third-order valence-corrected chi connectivity index (χ3v) is 8.07. The molecule has 1 aromatic carbocycles. The van der Waals surface area contributed by atoms with Crippen molar-refractivity contribution in [2.45, 2.75) is 79.1 Å². The summed E-state index contributed by atoms with van der Waals surface area (Å²) in [4.78, 5) is 60.5. The van der Waals surface area contributed by atoms with Gasteiger partial charge in [0.05, 0.1) is 0 Å². The summed E-state index contributed by atoms with van der Waals surface area (Å²) in [5, 5.41) is 11.2. The van der Waals surface area contributed by atoms with Gasteiger partial charge < -0.3 is 21.3 Å². The van der Waals surface area contributed by atoms with Gasteiger partial charge >= 0.3 is 0 Å². The maximum atomic E-state index is 13.2. The number of rotatable bonds is 16. The van der Waals surface area contributed by atoms with Crippen LogP contribution in [0.3, 0.4) is 0 Å². The number of nitrogens with one attached hydrogen (secondary N) is 4. The van der Waals surface area contributed by atoms with Crippen LogP contribution in [-0.4, -0.2) is 33.6 Å². The highest BCUT2D eigenvalue weighted by Gasteiger charge is 2.19. The van der Waals surface area contributed by atoms with E-state index in [9.17, 15) is 19.2 Å². The Bertz CT molecular complexity index is 1370. The number of carbonyl (C=O) groups excluding carboxylic acids is 4. The van der Waals surface area contributed by atoms with Crippen molar-refractivity contribution in [1.82, 2.24) is 9.97 Å². The predicted octanol–water partition coefficient (Wildman–Crippen LogP) is 7.90. The molecule has 11 heteroatoms. The Balaban J connectivity index is 1.67. The fourth-order valence-electron chi connectivity index (χ4n) is 4.78. The van der Waals surface area contributed by atoms with E-state index in [0.29, 0.717) is 15.2 Å². The van der Waals surface area contributed by atoms with Crippen LogP contribution in [0.1, 0.15) is 99.8 Å². The van der Waals surface area contributed by atoms with Crippen LogP contribution in [0.4, 0.5) is 23.3 Å². The lowest BCUT2D eigenvalue weighted by Crippen LogP contribution is -2.23. The zero-order valence-electron chi connectivity index (χ0n) is 26.4. The molecule has 0 aliphatic rings. The SMILES string of the molecule is CCCCC(CC)C(=O)Nc1cccc(NC(=O)c2cc(I)cc(C(=O)Nc3cccc(NC(=O)C(CC)CCCC)n3)c2)n1. The molecule has 0 spiro atoms. The molecule has 3 rings (SSSR count). The Kier molecular flexibility index (Phi) is 14.4. The Labute approximate surface area is 279 Å². The monoisotopic (exact) mass is 726 g/mol. The van der Waals surface area contributed by atoms with E-state index < -0.39 is 11.8 Å². The summed E-state index contributed by atoms with van der Waals surface area (Å²) in [5.74, 6) is -0.0273. The quantitative estimate of drug-likeness (QED) is 0.111. The number of halogens is 1. The summed E-state index contributed by atoms with van der Waals surface area (Å²) >= 11 is 2.05. The Morgan fingerprint density at radius 2 is 1.00 bits per heavy atom. The lowest BCUT2D eigenvalue weighted by molar-refractivity contribution is -0.121. The first-order chi connectivity index (χ1) is 21.7. The number of hydrogen-bond donors (Lipinski definition) is 4. The standard InChI is InChI=1S/C34H43IN6O4/c1-5-9-13-22(7-3)31(42)38-27-15-11-17-29(36-27)40-33(44)24-19-25(21-26(35)20-24)34(45)41-30-18-12-16-28(37-30)39-32(43)23(8-4)14-10-6-2/h11-12,15-23H,5-10,13-14H2,1-4H3,(H2,36,38,40,42,44)(H2,37,39,41,43,45). The third kappa shape index (κ3) is 11.2. The number of anilines is 4. The maximum Gasteiger partial charge on any atom is 0.256 e. The van der Waals surface area contributed by atoms with Gasteiger partial charge in [-0.2, -0.15) is 0 Å². The minimum atomic E-state index is -0.454. The van der Waals surface area contributed by atoms with Crippen molar-refractivity contribution < 1.29 is 19.2 Å². The van der Waals surface area contributed by atoms with E-state index in [1.165, 1.54) is 6.07 Å². The number of carbonyl (C=O) groups is 4. The normalized spacial score (nSPS) is 12.1. The van der Waals surface area contributed by atoms with Crippen LogP contribution < -0.4 is 21.3 Å². The molecule has 0 aliphatic heterocycles. The van der Waals surface area contributed by atoms with Crippen molar-refractivity contribution in [2.24, 2.45) is 11.8 Å². The van der Waals surface area contributed by atoms with Crippen molar-refractivity contribution in [1.29, 1.82) is 0 Å². The van der Waals surface area contributed by atoms with E-state index in [4.69, 9.17) is 0 Å². The summed E-state index contributed by atoms with van der Waals surface area (Å²) < 4.78 is 0.684. The summed E-state index contributed by atoms with van der Waals surface area (Å²) in [6.07, 6.45) is 7.10. The van der Waals surface area contributed by atoms with Gasteiger partial charge in [-0.25, -0.2) is 9.97 Å². The van der Waals surface area contributed by atoms with Gasteiger partial charge in [-0.15, -0.1) is 0 Å². The van der Waals surface area contributed by atoms with Crippen molar-refractivity contribution in [3.05, 3.63) is 69.3 Å². The van der Waals surface area contributed by atoms with Gasteiger partial charge in [0.15, 0.2) is 0 Å². The summed E-state index contributed by atoms with van der Waals surface area (Å²) in [5.41, 5.74) is 0.529. The lowest BCUT2D eigenvalue weighted by Gasteiger charge is -2.15. The van der Waals surface area contributed by atoms with Crippen LogP contribution in [0.2, 0.25) is 0 Å². The van der Waals surface area contributed by atoms with Gasteiger partial charge in [-0.1, -0.05) is 65.5 Å². The van der Waals surface area contributed by atoms with Gasteiger partial charge in [-0.3, -0.25) is 19.2 Å². The molecule has 4 N–H and O–H groups in total. The Morgan fingerprint density at radius 1 is 0.622 bits per heavy atom. The summed E-state index contributed by atoms with van der Waals surface area (Å²) in [6, 6.07) is 14.8. The fourth-order valence-corrected chi connectivity index (χ4v) is 5.45. The van der Waals surface area contributed by atoms with E-state index in [2.05, 4.69) is 45.1 Å². The molecule has 45 heavy (non-hydrogen) atoms. The first-order valence-corrected chi connectivity index (χ1v) is 16.7. The highest BCUT2D eigenvalue weighted by Crippen LogP contribution is 2.20. The molecule has 0 aliphatic carbocycles. The number of unbranched alkanes of at least 4 members (excludes halogenated alkanes) is 2. The second-order valence-electron chi connectivity index (χ2n) is 10.9. The van der Waals surface area contributed by atoms with Crippen molar-refractivity contribution >= 4 is 69.5 Å². The number of benzene rings is 1. The van der Waals surface area contributed by atoms with Crippen LogP contribution >= 0.6 is 22.6 Å². The largest absolute Gasteiger partial charge is 0.310 e. The lowest BCUT2D eigenvalue weighted by atomic mass is 9.98. The van der Waals surface area contributed by atoms with Crippen molar-refractivity contribution in [2.75, 3.05) is 21.3 Å². The van der Waals surface area contributed by atoms with Crippen LogP contribution in [0.25, 0.3) is 0 Å². The van der Waals surface area contributed by atoms with E-state index in [0.717, 1.165) is 51.4 Å². The minimum Gasteiger partial charge on any atom is -0.310 e. The molecule has 2 atom stereocenters. The maximum absolute atomic E-state index is 13.2. The molecule has 240 valence electrons. The predicted molar refractivity (Wildman–Crippen MR) is 187 cm³/mol. The zero-order valence-corrected chi connectivity index (χ0v) is 28.6. The molecular formula is C34H43IN6O4. The van der Waals surface area contributed by atoms with Crippen LogP contribution in [0.15, 0.2) is 54.6 Å². The van der Waals surface area contributed by atoms with Crippen molar-refractivity contribution in [3.8, 4) is 0 Å². The molecular weight excluding hydrogens is 683 g/mol. The number of amides is 4. The van der Waals surface area contributed by atoms with E-state index in [1.807, 2.05) is 36.4 Å². The van der Waals surface area contributed by atoms with E-state index in [1.54, 1.807) is 48.5 Å². The minimum absolute atomic E-state index is 0.0882. The van der Waals surface area contributed by atoms with E-state index >= 15 is 0 Å². The molecule has 10 nitrogen and oxygen atoms in total. The van der Waals surface area contributed by atoms with Gasteiger partial charge in [-0.05, 0) is 90.7 Å². The average Bonchev–Trinajstić information content (AvgIpc) is 3.01. The van der Waals surface area contributed by atoms with E-state index in [-0.39, 0.29) is 46.4 Å². The zero-order chi connectivity index (χ0) is 32.8. The number of nitrogens with zero attached hydrogens (tertiary/aromatic N) is 2. The van der Waals surface area contributed by atoms with Gasteiger partial charge in [0.2, 0.25) is 11.8 Å². The highest BCUT2D eigenvalue weighted by atomic mass is 127. The van der Waals surface area contributed by atoms with Crippen LogP contribution in [0, 0.1) is 15.4 Å². The molecule has 3 aromatic rings. The summed E-state index contributed by atoms with van der Waals surface area (Å²) in [7, 11) is 0. The topological polar surface area (TPSA) is 142 Å². The molecule has 0 bridgehead atoms. The second kappa shape index (κ2) is 18.2. The third-order valence-electron chi connectivity index (χ3n) is 7.45.